The van der Waals surface area contributed by atoms with Crippen molar-refractivity contribution >= 4 is 29.2 Å². The van der Waals surface area contributed by atoms with Gasteiger partial charge in [0.2, 0.25) is 0 Å². The summed E-state index contributed by atoms with van der Waals surface area (Å²) >= 11 is 11.6. The van der Waals surface area contributed by atoms with E-state index in [-0.39, 0.29) is 12.4 Å². The molecule has 0 aliphatic carbocycles. The molecule has 0 spiro atoms. The molecule has 1 rings (SSSR count). The molecule has 4 heteroatoms. The minimum Gasteiger partial charge on any atom is -0.468 e. The van der Waals surface area contributed by atoms with E-state index in [0.717, 1.165) is 0 Å². The fourth-order valence-corrected chi connectivity index (χ4v) is 1.33. The second-order valence-corrected chi connectivity index (χ2v) is 3.52. The average Bonchev–Trinajstić information content (AvgIpc) is 2.21. The standard InChI is InChI=1S/C11H8Cl2O2/c1-15-11(14)4-2-3-8-5-6-9(12)7-10(8)13/h5-7H,4H2,1H3. The van der Waals surface area contributed by atoms with E-state index >= 15 is 0 Å². The number of carbonyl (C=O) groups excluding carboxylic acids is 1. The third-order valence-corrected chi connectivity index (χ3v) is 2.16. The van der Waals surface area contributed by atoms with Crippen molar-refractivity contribution in [3.05, 3.63) is 33.8 Å². The van der Waals surface area contributed by atoms with E-state index < -0.39 is 0 Å². The van der Waals surface area contributed by atoms with Gasteiger partial charge in [0.1, 0.15) is 6.42 Å². The summed E-state index contributed by atoms with van der Waals surface area (Å²) in [6.07, 6.45) is 0.0510. The molecule has 0 aromatic heterocycles. The topological polar surface area (TPSA) is 26.3 Å². The van der Waals surface area contributed by atoms with Crippen LogP contribution in [0.4, 0.5) is 0 Å². The van der Waals surface area contributed by atoms with Crippen LogP contribution in [0.15, 0.2) is 18.2 Å². The van der Waals surface area contributed by atoms with Gasteiger partial charge in [-0.15, -0.1) is 0 Å². The van der Waals surface area contributed by atoms with Crippen molar-refractivity contribution < 1.29 is 9.53 Å². The summed E-state index contributed by atoms with van der Waals surface area (Å²) in [7, 11) is 1.32. The van der Waals surface area contributed by atoms with Gasteiger partial charge in [0.15, 0.2) is 0 Å². The number of carbonyl (C=O) groups is 1. The lowest BCUT2D eigenvalue weighted by atomic mass is 10.2. The zero-order valence-electron chi connectivity index (χ0n) is 8.01. The molecule has 0 saturated heterocycles. The number of esters is 1. The minimum atomic E-state index is -0.368. The van der Waals surface area contributed by atoms with Crippen molar-refractivity contribution in [2.45, 2.75) is 6.42 Å². The molecule has 78 valence electrons. The lowest BCUT2D eigenvalue weighted by Crippen LogP contribution is -1.97. The summed E-state index contributed by atoms with van der Waals surface area (Å²) in [6, 6.07) is 5.00. The van der Waals surface area contributed by atoms with E-state index in [1.165, 1.54) is 7.11 Å². The Hall–Kier alpha value is -1.17. The van der Waals surface area contributed by atoms with Crippen LogP contribution in [0, 0.1) is 11.8 Å². The van der Waals surface area contributed by atoms with Crippen LogP contribution in [0.5, 0.6) is 0 Å². The second kappa shape index (κ2) is 5.65. The quantitative estimate of drug-likeness (QED) is 0.560. The number of hydrogen-bond acceptors (Lipinski definition) is 2. The highest BCUT2D eigenvalue weighted by Crippen LogP contribution is 2.19. The molecule has 0 unspecified atom stereocenters. The fourth-order valence-electron chi connectivity index (χ4n) is 0.875. The molecule has 0 amide bonds. The van der Waals surface area contributed by atoms with Crippen molar-refractivity contribution in [1.29, 1.82) is 0 Å². The molecule has 0 saturated carbocycles. The van der Waals surface area contributed by atoms with Gasteiger partial charge in [-0.3, -0.25) is 4.79 Å². The first-order chi connectivity index (χ1) is 7.13. The third kappa shape index (κ3) is 3.83. The molecule has 0 radical (unpaired) electrons. The van der Waals surface area contributed by atoms with Gasteiger partial charge in [-0.25, -0.2) is 0 Å². The molecule has 2 nitrogen and oxygen atoms in total. The van der Waals surface area contributed by atoms with Crippen LogP contribution < -0.4 is 0 Å². The minimum absolute atomic E-state index is 0.0510. The van der Waals surface area contributed by atoms with E-state index in [4.69, 9.17) is 23.2 Å². The van der Waals surface area contributed by atoms with Crippen LogP contribution in [-0.2, 0) is 9.53 Å². The van der Waals surface area contributed by atoms with Crippen LogP contribution in [0.25, 0.3) is 0 Å². The van der Waals surface area contributed by atoms with Crippen molar-refractivity contribution in [1.82, 2.24) is 0 Å². The first kappa shape index (κ1) is 11.9. The van der Waals surface area contributed by atoms with E-state index in [2.05, 4.69) is 16.6 Å². The molecule has 1 aromatic carbocycles. The third-order valence-electron chi connectivity index (χ3n) is 1.61. The van der Waals surface area contributed by atoms with Crippen LogP contribution >= 0.6 is 23.2 Å². The molecule has 0 aliphatic heterocycles. The van der Waals surface area contributed by atoms with Gasteiger partial charge in [-0.05, 0) is 18.2 Å². The number of halogens is 2. The van der Waals surface area contributed by atoms with Gasteiger partial charge in [0.25, 0.3) is 0 Å². The van der Waals surface area contributed by atoms with Crippen molar-refractivity contribution in [2.75, 3.05) is 7.11 Å². The highest BCUT2D eigenvalue weighted by molar-refractivity contribution is 6.35. The Morgan fingerprint density at radius 3 is 2.80 bits per heavy atom. The number of benzene rings is 1. The van der Waals surface area contributed by atoms with Crippen molar-refractivity contribution in [3.63, 3.8) is 0 Å². The van der Waals surface area contributed by atoms with Gasteiger partial charge >= 0.3 is 5.97 Å². The monoisotopic (exact) mass is 242 g/mol. The first-order valence-electron chi connectivity index (χ1n) is 4.14. The highest BCUT2D eigenvalue weighted by atomic mass is 35.5. The van der Waals surface area contributed by atoms with E-state index in [9.17, 15) is 4.79 Å². The Morgan fingerprint density at radius 2 is 2.20 bits per heavy atom. The molecule has 0 atom stereocenters. The van der Waals surface area contributed by atoms with Crippen LogP contribution in [0.3, 0.4) is 0 Å². The molecular weight excluding hydrogens is 235 g/mol. The SMILES string of the molecule is COC(=O)CC#Cc1ccc(Cl)cc1Cl. The zero-order chi connectivity index (χ0) is 11.3. The predicted octanol–water partition coefficient (Wildman–Crippen LogP) is 2.91. The average molecular weight is 243 g/mol. The molecule has 0 fully saturated rings. The Labute approximate surface area is 98.1 Å². The molecule has 0 heterocycles. The Kier molecular flexibility index (Phi) is 4.48. The maximum absolute atomic E-state index is 10.8. The van der Waals surface area contributed by atoms with Crippen LogP contribution in [0.2, 0.25) is 10.0 Å². The molecular formula is C11H8Cl2O2. The maximum Gasteiger partial charge on any atom is 0.317 e. The number of ether oxygens (including phenoxy) is 1. The molecule has 0 N–H and O–H groups in total. The Bertz CT molecular complexity index is 430. The van der Waals surface area contributed by atoms with Crippen LogP contribution in [0.1, 0.15) is 12.0 Å². The molecule has 15 heavy (non-hydrogen) atoms. The van der Waals surface area contributed by atoms with E-state index in [1.54, 1.807) is 18.2 Å². The normalized spacial score (nSPS) is 9.00. The van der Waals surface area contributed by atoms with Crippen molar-refractivity contribution in [2.24, 2.45) is 0 Å². The van der Waals surface area contributed by atoms with Gasteiger partial charge in [0, 0.05) is 10.6 Å². The smallest absolute Gasteiger partial charge is 0.317 e. The lowest BCUT2D eigenvalue weighted by molar-refractivity contribution is -0.139. The summed E-state index contributed by atoms with van der Waals surface area (Å²) in [6.45, 7) is 0. The molecule has 1 aromatic rings. The second-order valence-electron chi connectivity index (χ2n) is 2.68. The fraction of sp³-hybridized carbons (Fsp3) is 0.182. The lowest BCUT2D eigenvalue weighted by Gasteiger charge is -1.95. The first-order valence-corrected chi connectivity index (χ1v) is 4.90. The Balaban J connectivity index is 2.76. The highest BCUT2D eigenvalue weighted by Gasteiger charge is 1.98. The summed E-state index contributed by atoms with van der Waals surface area (Å²) in [5.74, 6) is 5.06. The van der Waals surface area contributed by atoms with E-state index in [0.29, 0.717) is 15.6 Å². The predicted molar refractivity (Wildman–Crippen MR) is 60.0 cm³/mol. The zero-order valence-corrected chi connectivity index (χ0v) is 9.52. The number of hydrogen-bond donors (Lipinski definition) is 0. The summed E-state index contributed by atoms with van der Waals surface area (Å²) in [5, 5.41) is 1.03. The van der Waals surface area contributed by atoms with Crippen LogP contribution in [-0.4, -0.2) is 13.1 Å². The largest absolute Gasteiger partial charge is 0.468 e. The van der Waals surface area contributed by atoms with Gasteiger partial charge < -0.3 is 4.74 Å². The molecule has 0 bridgehead atoms. The van der Waals surface area contributed by atoms with Crippen molar-refractivity contribution in [3.8, 4) is 11.8 Å². The van der Waals surface area contributed by atoms with E-state index in [1.807, 2.05) is 0 Å². The maximum atomic E-state index is 10.8. The number of methoxy groups -OCH3 is 1. The summed E-state index contributed by atoms with van der Waals surface area (Å²) in [4.78, 5) is 10.8. The van der Waals surface area contributed by atoms with Gasteiger partial charge in [-0.1, -0.05) is 35.0 Å². The van der Waals surface area contributed by atoms with Gasteiger partial charge in [-0.2, -0.15) is 0 Å². The number of rotatable bonds is 1. The summed E-state index contributed by atoms with van der Waals surface area (Å²) < 4.78 is 4.44. The molecule has 0 aliphatic rings. The summed E-state index contributed by atoms with van der Waals surface area (Å²) in [5.41, 5.74) is 0.643. The van der Waals surface area contributed by atoms with Gasteiger partial charge in [0.05, 0.1) is 12.1 Å². The Morgan fingerprint density at radius 1 is 1.47 bits per heavy atom.